The Bertz CT molecular complexity index is 1130. The largest absolute Gasteiger partial charge is 0.381 e. The molecule has 0 unspecified atom stereocenters. The van der Waals surface area contributed by atoms with Crippen molar-refractivity contribution in [3.63, 3.8) is 0 Å². The molecule has 0 spiro atoms. The first kappa shape index (κ1) is 16.8. The Balaban J connectivity index is 1.60. The van der Waals surface area contributed by atoms with Gasteiger partial charge in [0.1, 0.15) is 0 Å². The van der Waals surface area contributed by atoms with Crippen molar-refractivity contribution in [3.8, 4) is 11.5 Å². The van der Waals surface area contributed by atoms with Gasteiger partial charge in [0.05, 0.1) is 17.1 Å². The quantitative estimate of drug-likeness (QED) is 0.549. The molecule has 0 bridgehead atoms. The lowest BCUT2D eigenvalue weighted by Gasteiger charge is -2.21. The average Bonchev–Trinajstić information content (AvgIpc) is 3.08. The summed E-state index contributed by atoms with van der Waals surface area (Å²) in [5.74, 6) is 1.66. The highest BCUT2D eigenvalue weighted by Crippen LogP contribution is 2.32. The van der Waals surface area contributed by atoms with Crippen molar-refractivity contribution in [2.75, 3.05) is 17.2 Å². The molecule has 5 heteroatoms. The van der Waals surface area contributed by atoms with Gasteiger partial charge in [-0.2, -0.15) is 0 Å². The van der Waals surface area contributed by atoms with Gasteiger partial charge in [0.2, 0.25) is 0 Å². The van der Waals surface area contributed by atoms with E-state index in [1.54, 1.807) is 0 Å². The number of hydrogen-bond acceptors (Lipinski definition) is 4. The van der Waals surface area contributed by atoms with Crippen molar-refractivity contribution >= 4 is 17.0 Å². The van der Waals surface area contributed by atoms with Gasteiger partial charge in [-0.25, -0.2) is 9.97 Å². The molecule has 0 aliphatic carbocycles. The molecule has 0 saturated heterocycles. The molecule has 28 heavy (non-hydrogen) atoms. The molecule has 0 amide bonds. The third-order valence-electron chi connectivity index (χ3n) is 5.26. The summed E-state index contributed by atoms with van der Waals surface area (Å²) in [4.78, 5) is 9.90. The summed E-state index contributed by atoms with van der Waals surface area (Å²) in [6, 6.07) is 18.8. The minimum atomic E-state index is 0.735. The Morgan fingerprint density at radius 1 is 1.07 bits per heavy atom. The van der Waals surface area contributed by atoms with Crippen LogP contribution in [0.15, 0.2) is 60.8 Å². The van der Waals surface area contributed by atoms with Gasteiger partial charge in [0, 0.05) is 24.8 Å². The summed E-state index contributed by atoms with van der Waals surface area (Å²) in [6.45, 7) is 3.82. The number of fused-ring (bicyclic) bond motifs is 2. The van der Waals surface area contributed by atoms with Crippen LogP contribution in [0, 0.1) is 6.92 Å². The van der Waals surface area contributed by atoms with Crippen LogP contribution in [0.4, 0.5) is 11.5 Å². The van der Waals surface area contributed by atoms with E-state index in [0.717, 1.165) is 60.2 Å². The predicted octanol–water partition coefficient (Wildman–Crippen LogP) is 4.67. The Morgan fingerprint density at radius 3 is 2.82 bits per heavy atom. The molecule has 140 valence electrons. The van der Waals surface area contributed by atoms with Crippen molar-refractivity contribution in [1.29, 1.82) is 0 Å². The Labute approximate surface area is 164 Å². The van der Waals surface area contributed by atoms with Crippen molar-refractivity contribution < 1.29 is 0 Å². The summed E-state index contributed by atoms with van der Waals surface area (Å²) in [5, 5.41) is 7.03. The Hall–Kier alpha value is -3.34. The number of aryl methyl sites for hydroxylation is 2. The van der Waals surface area contributed by atoms with E-state index in [1.807, 2.05) is 12.1 Å². The number of rotatable bonds is 4. The highest BCUT2D eigenvalue weighted by molar-refractivity contribution is 5.74. The molecule has 0 fully saturated rings. The fraction of sp³-hybridized carbons (Fsp3) is 0.217. The van der Waals surface area contributed by atoms with Crippen molar-refractivity contribution in [2.45, 2.75) is 26.3 Å². The monoisotopic (exact) mass is 369 g/mol. The summed E-state index contributed by atoms with van der Waals surface area (Å²) in [5.41, 5.74) is 6.78. The SMILES string of the molecule is Cc1cc2ccccn2c1-c1nc2c(c(NCc3ccccc3)n1)NCCC2. The van der Waals surface area contributed by atoms with Crippen LogP contribution in [0.25, 0.3) is 17.0 Å². The lowest BCUT2D eigenvalue weighted by Crippen LogP contribution is -2.18. The lowest BCUT2D eigenvalue weighted by molar-refractivity contribution is 0.795. The molecule has 2 N–H and O–H groups in total. The molecular formula is C23H23N5. The van der Waals surface area contributed by atoms with E-state index in [0.29, 0.717) is 0 Å². The zero-order valence-electron chi connectivity index (χ0n) is 15.9. The predicted molar refractivity (Wildman–Crippen MR) is 114 cm³/mol. The number of nitrogens with zero attached hydrogens (tertiary/aromatic N) is 3. The zero-order valence-corrected chi connectivity index (χ0v) is 15.9. The molecule has 5 rings (SSSR count). The van der Waals surface area contributed by atoms with Crippen LogP contribution in [0.3, 0.4) is 0 Å². The molecule has 0 saturated carbocycles. The third-order valence-corrected chi connectivity index (χ3v) is 5.26. The van der Waals surface area contributed by atoms with E-state index in [-0.39, 0.29) is 0 Å². The molecule has 5 nitrogen and oxygen atoms in total. The molecule has 0 radical (unpaired) electrons. The molecule has 3 aromatic heterocycles. The first-order chi connectivity index (χ1) is 13.8. The molecule has 4 aromatic rings. The summed E-state index contributed by atoms with van der Waals surface area (Å²) in [6.07, 6.45) is 4.14. The highest BCUT2D eigenvalue weighted by atomic mass is 15.1. The number of benzene rings is 1. The fourth-order valence-corrected chi connectivity index (χ4v) is 3.90. The number of pyridine rings is 1. The molecule has 1 aliphatic heterocycles. The van der Waals surface area contributed by atoms with E-state index < -0.39 is 0 Å². The maximum atomic E-state index is 4.95. The highest BCUT2D eigenvalue weighted by Gasteiger charge is 2.20. The summed E-state index contributed by atoms with van der Waals surface area (Å²) < 4.78 is 2.17. The van der Waals surface area contributed by atoms with Gasteiger partial charge >= 0.3 is 0 Å². The minimum absolute atomic E-state index is 0.735. The number of nitrogens with one attached hydrogen (secondary N) is 2. The molecule has 1 aliphatic rings. The van der Waals surface area contributed by atoms with Crippen LogP contribution in [0.1, 0.15) is 23.2 Å². The van der Waals surface area contributed by atoms with Gasteiger partial charge in [-0.1, -0.05) is 36.4 Å². The van der Waals surface area contributed by atoms with Gasteiger partial charge in [0.15, 0.2) is 11.6 Å². The van der Waals surface area contributed by atoms with E-state index in [4.69, 9.17) is 9.97 Å². The maximum Gasteiger partial charge on any atom is 0.179 e. The second-order valence-corrected chi connectivity index (χ2v) is 7.26. The second kappa shape index (κ2) is 7.00. The molecule has 1 aromatic carbocycles. The number of aromatic nitrogens is 3. The molecule has 4 heterocycles. The first-order valence-electron chi connectivity index (χ1n) is 9.79. The van der Waals surface area contributed by atoms with Crippen molar-refractivity contribution in [1.82, 2.24) is 14.4 Å². The van der Waals surface area contributed by atoms with E-state index in [2.05, 4.69) is 70.6 Å². The first-order valence-corrected chi connectivity index (χ1v) is 9.79. The Kier molecular flexibility index (Phi) is 4.20. The van der Waals surface area contributed by atoms with Crippen molar-refractivity contribution in [2.24, 2.45) is 0 Å². The lowest BCUT2D eigenvalue weighted by atomic mass is 10.1. The van der Waals surface area contributed by atoms with E-state index >= 15 is 0 Å². The topological polar surface area (TPSA) is 54.2 Å². The van der Waals surface area contributed by atoms with E-state index in [9.17, 15) is 0 Å². The van der Waals surface area contributed by atoms with Crippen LogP contribution < -0.4 is 10.6 Å². The fourth-order valence-electron chi connectivity index (χ4n) is 3.90. The smallest absolute Gasteiger partial charge is 0.179 e. The average molecular weight is 369 g/mol. The van der Waals surface area contributed by atoms with Crippen LogP contribution in [-0.4, -0.2) is 20.9 Å². The zero-order chi connectivity index (χ0) is 18.9. The van der Waals surface area contributed by atoms with Gasteiger partial charge < -0.3 is 15.0 Å². The second-order valence-electron chi connectivity index (χ2n) is 7.26. The number of anilines is 2. The van der Waals surface area contributed by atoms with Crippen LogP contribution >= 0.6 is 0 Å². The van der Waals surface area contributed by atoms with Crippen molar-refractivity contribution in [3.05, 3.63) is 77.6 Å². The number of hydrogen-bond donors (Lipinski definition) is 2. The summed E-state index contributed by atoms with van der Waals surface area (Å²) in [7, 11) is 0. The Morgan fingerprint density at radius 2 is 1.93 bits per heavy atom. The summed E-state index contributed by atoms with van der Waals surface area (Å²) >= 11 is 0. The van der Waals surface area contributed by atoms with Crippen LogP contribution in [0.5, 0.6) is 0 Å². The van der Waals surface area contributed by atoms with E-state index in [1.165, 1.54) is 11.1 Å². The minimum Gasteiger partial charge on any atom is -0.381 e. The molecular weight excluding hydrogens is 346 g/mol. The maximum absolute atomic E-state index is 4.95. The van der Waals surface area contributed by atoms with Gasteiger partial charge in [-0.15, -0.1) is 0 Å². The van der Waals surface area contributed by atoms with Gasteiger partial charge in [-0.3, -0.25) is 0 Å². The standard InChI is InChI=1S/C23H23N5/c1-16-14-18-10-5-6-13-28(18)21(16)23-26-19-11-7-12-24-20(19)22(27-23)25-15-17-8-3-2-4-9-17/h2-6,8-10,13-14,24H,7,11-12,15H2,1H3,(H,25,26,27). The van der Waals surface area contributed by atoms with Gasteiger partial charge in [-0.05, 0) is 49.1 Å². The normalized spacial score (nSPS) is 13.2. The van der Waals surface area contributed by atoms with Gasteiger partial charge in [0.25, 0.3) is 0 Å². The van der Waals surface area contributed by atoms with Crippen LogP contribution in [0.2, 0.25) is 0 Å². The van der Waals surface area contributed by atoms with Crippen LogP contribution in [-0.2, 0) is 13.0 Å². The third kappa shape index (κ3) is 2.99. The molecule has 0 atom stereocenters.